The molecule has 5 rings (SSSR count). The van der Waals surface area contributed by atoms with Crippen molar-refractivity contribution in [3.8, 4) is 5.69 Å². The lowest BCUT2D eigenvalue weighted by atomic mass is 10.2. The first-order valence-electron chi connectivity index (χ1n) is 10.3. The fourth-order valence-electron chi connectivity index (χ4n) is 3.60. The maximum absolute atomic E-state index is 13.3. The molecule has 32 heavy (non-hydrogen) atoms. The molecule has 1 saturated heterocycles. The Morgan fingerprint density at radius 2 is 1.75 bits per heavy atom. The van der Waals surface area contributed by atoms with Crippen LogP contribution in [0.1, 0.15) is 17.0 Å². The number of furan rings is 1. The van der Waals surface area contributed by atoms with E-state index in [0.29, 0.717) is 22.4 Å². The summed E-state index contributed by atoms with van der Waals surface area (Å²) in [7, 11) is 0. The second-order valence-corrected chi connectivity index (χ2v) is 8.44. The van der Waals surface area contributed by atoms with Gasteiger partial charge in [0.05, 0.1) is 23.4 Å². The van der Waals surface area contributed by atoms with Gasteiger partial charge in [0.2, 0.25) is 0 Å². The molecule has 0 spiro atoms. The van der Waals surface area contributed by atoms with Crippen LogP contribution < -0.4 is 0 Å². The molecule has 1 amide bonds. The number of thioether (sulfide) groups is 1. The van der Waals surface area contributed by atoms with Crippen LogP contribution in [-0.2, 0) is 11.3 Å². The molecule has 2 aromatic carbocycles. The van der Waals surface area contributed by atoms with E-state index in [0.717, 1.165) is 22.6 Å². The SMILES string of the molecule is Cc1cc(/C=C2/SC(=Nc3ccccc3)N(Cc3ccco3)C2=O)cn1-c1ccccc1. The minimum atomic E-state index is -0.0776. The zero-order valence-corrected chi connectivity index (χ0v) is 18.3. The zero-order valence-electron chi connectivity index (χ0n) is 17.5. The van der Waals surface area contributed by atoms with Crippen molar-refractivity contribution in [2.45, 2.75) is 13.5 Å². The number of aliphatic imine (C=N–C) groups is 1. The molecule has 6 heteroatoms. The van der Waals surface area contributed by atoms with Crippen LogP contribution >= 0.6 is 11.8 Å². The van der Waals surface area contributed by atoms with Crippen LogP contribution in [0.4, 0.5) is 5.69 Å². The summed E-state index contributed by atoms with van der Waals surface area (Å²) in [6, 6.07) is 25.6. The lowest BCUT2D eigenvalue weighted by Gasteiger charge is -2.13. The van der Waals surface area contributed by atoms with Crippen LogP contribution in [0, 0.1) is 6.92 Å². The Bertz CT molecular complexity index is 1290. The van der Waals surface area contributed by atoms with Crippen molar-refractivity contribution < 1.29 is 9.21 Å². The number of para-hydroxylation sites is 2. The van der Waals surface area contributed by atoms with Crippen molar-refractivity contribution in [2.75, 3.05) is 0 Å². The largest absolute Gasteiger partial charge is 0.467 e. The van der Waals surface area contributed by atoms with Gasteiger partial charge >= 0.3 is 0 Å². The average Bonchev–Trinajstić information content (AvgIpc) is 3.52. The minimum absolute atomic E-state index is 0.0776. The molecule has 0 N–H and O–H groups in total. The highest BCUT2D eigenvalue weighted by Gasteiger charge is 2.34. The number of hydrogen-bond acceptors (Lipinski definition) is 4. The van der Waals surface area contributed by atoms with Gasteiger partial charge in [-0.05, 0) is 72.8 Å². The first-order chi connectivity index (χ1) is 15.7. The van der Waals surface area contributed by atoms with Gasteiger partial charge in [-0.25, -0.2) is 4.99 Å². The quantitative estimate of drug-likeness (QED) is 0.349. The highest BCUT2D eigenvalue weighted by atomic mass is 32.2. The molecule has 1 aliphatic rings. The third kappa shape index (κ3) is 4.18. The van der Waals surface area contributed by atoms with Crippen LogP contribution in [0.25, 0.3) is 11.8 Å². The molecule has 0 bridgehead atoms. The number of amidine groups is 1. The predicted molar refractivity (Wildman–Crippen MR) is 129 cm³/mol. The van der Waals surface area contributed by atoms with Gasteiger partial charge in [0, 0.05) is 17.6 Å². The molecule has 1 fully saturated rings. The Morgan fingerprint density at radius 1 is 1.00 bits per heavy atom. The Morgan fingerprint density at radius 3 is 2.47 bits per heavy atom. The molecule has 3 heterocycles. The number of hydrogen-bond donors (Lipinski definition) is 0. The lowest BCUT2D eigenvalue weighted by Crippen LogP contribution is -2.28. The van der Waals surface area contributed by atoms with E-state index in [2.05, 4.69) is 35.9 Å². The smallest absolute Gasteiger partial charge is 0.267 e. The normalized spacial score (nSPS) is 16.4. The topological polar surface area (TPSA) is 50.7 Å². The number of amides is 1. The number of benzene rings is 2. The van der Waals surface area contributed by atoms with Gasteiger partial charge in [-0.3, -0.25) is 9.69 Å². The fraction of sp³-hybridized carbons (Fsp3) is 0.0769. The standard InChI is InChI=1S/C26H21N3O2S/c1-19-15-20(17-28(19)22-11-6-3-7-12-22)16-24-25(30)29(18-23-13-8-14-31-23)26(32-24)27-21-9-4-2-5-10-21/h2-17H,18H2,1H3/b24-16+,27-26?. The summed E-state index contributed by atoms with van der Waals surface area (Å²) in [5.74, 6) is 0.637. The summed E-state index contributed by atoms with van der Waals surface area (Å²) in [5.41, 5.74) is 3.97. The molecular weight excluding hydrogens is 418 g/mol. The second kappa shape index (κ2) is 8.77. The molecule has 0 aliphatic carbocycles. The van der Waals surface area contributed by atoms with Gasteiger partial charge in [-0.15, -0.1) is 0 Å². The predicted octanol–water partition coefficient (Wildman–Crippen LogP) is 6.18. The van der Waals surface area contributed by atoms with Gasteiger partial charge < -0.3 is 8.98 Å². The van der Waals surface area contributed by atoms with Crippen molar-refractivity contribution in [1.29, 1.82) is 0 Å². The van der Waals surface area contributed by atoms with E-state index >= 15 is 0 Å². The van der Waals surface area contributed by atoms with Crippen LogP contribution in [0.5, 0.6) is 0 Å². The van der Waals surface area contributed by atoms with Crippen molar-refractivity contribution in [3.63, 3.8) is 0 Å². The Hall–Kier alpha value is -3.77. The lowest BCUT2D eigenvalue weighted by molar-refractivity contribution is -0.122. The van der Waals surface area contributed by atoms with E-state index in [9.17, 15) is 4.79 Å². The third-order valence-electron chi connectivity index (χ3n) is 5.13. The number of aromatic nitrogens is 1. The van der Waals surface area contributed by atoms with Crippen LogP contribution in [0.2, 0.25) is 0 Å². The molecular formula is C26H21N3O2S. The molecule has 5 nitrogen and oxygen atoms in total. The van der Waals surface area contributed by atoms with Gasteiger partial charge in [0.1, 0.15) is 5.76 Å². The maximum atomic E-state index is 13.3. The molecule has 0 saturated carbocycles. The van der Waals surface area contributed by atoms with E-state index in [-0.39, 0.29) is 5.91 Å². The third-order valence-corrected chi connectivity index (χ3v) is 6.14. The van der Waals surface area contributed by atoms with E-state index in [1.54, 1.807) is 11.2 Å². The number of aryl methyl sites for hydroxylation is 1. The summed E-state index contributed by atoms with van der Waals surface area (Å²) in [5, 5.41) is 0.642. The van der Waals surface area contributed by atoms with E-state index in [4.69, 9.17) is 9.41 Å². The number of carbonyl (C=O) groups is 1. The maximum Gasteiger partial charge on any atom is 0.267 e. The van der Waals surface area contributed by atoms with Gasteiger partial charge in [-0.1, -0.05) is 36.4 Å². The summed E-state index contributed by atoms with van der Waals surface area (Å²) in [4.78, 5) is 20.3. The minimum Gasteiger partial charge on any atom is -0.467 e. The monoisotopic (exact) mass is 439 g/mol. The molecule has 4 aromatic rings. The molecule has 0 radical (unpaired) electrons. The number of carbonyl (C=O) groups excluding carboxylic acids is 1. The number of rotatable bonds is 5. The summed E-state index contributed by atoms with van der Waals surface area (Å²) in [6.07, 6.45) is 5.60. The summed E-state index contributed by atoms with van der Waals surface area (Å²) < 4.78 is 7.60. The molecule has 2 aromatic heterocycles. The Balaban J connectivity index is 1.49. The highest BCUT2D eigenvalue weighted by molar-refractivity contribution is 8.18. The van der Waals surface area contributed by atoms with Crippen LogP contribution in [0.3, 0.4) is 0 Å². The Kier molecular flexibility index (Phi) is 5.52. The van der Waals surface area contributed by atoms with E-state index in [1.165, 1.54) is 11.8 Å². The van der Waals surface area contributed by atoms with E-state index in [1.807, 2.05) is 66.7 Å². The van der Waals surface area contributed by atoms with Crippen molar-refractivity contribution in [2.24, 2.45) is 4.99 Å². The second-order valence-electron chi connectivity index (χ2n) is 7.43. The van der Waals surface area contributed by atoms with Crippen LogP contribution in [0.15, 0.2) is 106 Å². The average molecular weight is 440 g/mol. The first kappa shape index (κ1) is 20.2. The first-order valence-corrected chi connectivity index (χ1v) is 11.1. The molecule has 0 atom stereocenters. The van der Waals surface area contributed by atoms with Crippen molar-refractivity contribution in [1.82, 2.24) is 9.47 Å². The fourth-order valence-corrected chi connectivity index (χ4v) is 4.60. The van der Waals surface area contributed by atoms with Gasteiger partial charge in [0.25, 0.3) is 5.91 Å². The van der Waals surface area contributed by atoms with Gasteiger partial charge in [-0.2, -0.15) is 0 Å². The summed E-state index contributed by atoms with van der Waals surface area (Å²) >= 11 is 1.39. The van der Waals surface area contributed by atoms with Crippen molar-refractivity contribution in [3.05, 3.63) is 113 Å². The Labute approximate surface area is 190 Å². The van der Waals surface area contributed by atoms with Gasteiger partial charge in [0.15, 0.2) is 5.17 Å². The zero-order chi connectivity index (χ0) is 21.9. The van der Waals surface area contributed by atoms with Crippen molar-refractivity contribution >= 4 is 34.6 Å². The number of nitrogens with zero attached hydrogens (tertiary/aromatic N) is 3. The molecule has 0 unspecified atom stereocenters. The summed E-state index contributed by atoms with van der Waals surface area (Å²) in [6.45, 7) is 2.40. The molecule has 1 aliphatic heterocycles. The molecule has 158 valence electrons. The van der Waals surface area contributed by atoms with E-state index < -0.39 is 0 Å². The highest BCUT2D eigenvalue weighted by Crippen LogP contribution is 2.35. The van der Waals surface area contributed by atoms with Crippen LogP contribution in [-0.4, -0.2) is 20.5 Å².